The van der Waals surface area contributed by atoms with E-state index in [4.69, 9.17) is 0 Å². The zero-order valence-corrected chi connectivity index (χ0v) is 10.9. The van der Waals surface area contributed by atoms with Crippen molar-refractivity contribution >= 4 is 17.0 Å². The Balaban J connectivity index is 2.43. The minimum absolute atomic E-state index is 0.0931. The molecule has 1 atom stereocenters. The van der Waals surface area contributed by atoms with Crippen molar-refractivity contribution in [2.24, 2.45) is 0 Å². The summed E-state index contributed by atoms with van der Waals surface area (Å²) in [6.07, 6.45) is 0. The molecule has 0 saturated carbocycles. The van der Waals surface area contributed by atoms with E-state index in [1.807, 2.05) is 19.4 Å². The van der Waals surface area contributed by atoms with Gasteiger partial charge in [0.1, 0.15) is 5.01 Å². The second kappa shape index (κ2) is 5.24. The zero-order valence-electron chi connectivity index (χ0n) is 10.1. The zero-order chi connectivity index (χ0) is 13.1. The molecule has 2 rings (SSSR count). The average molecular weight is 263 g/mol. The first-order valence-electron chi connectivity index (χ1n) is 5.50. The third-order valence-corrected chi connectivity index (χ3v) is 3.62. The second-order valence-corrected chi connectivity index (χ2v) is 4.72. The lowest BCUT2D eigenvalue weighted by Crippen LogP contribution is -2.12. The molecule has 1 aromatic heterocycles. The Morgan fingerprint density at radius 1 is 1.44 bits per heavy atom. The molecule has 0 aliphatic heterocycles. The third kappa shape index (κ3) is 2.39. The van der Waals surface area contributed by atoms with Crippen LogP contribution in [0.4, 0.5) is 5.69 Å². The van der Waals surface area contributed by atoms with E-state index in [0.29, 0.717) is 10.6 Å². The monoisotopic (exact) mass is 263 g/mol. The van der Waals surface area contributed by atoms with E-state index in [0.717, 1.165) is 5.69 Å². The molecule has 18 heavy (non-hydrogen) atoms. The van der Waals surface area contributed by atoms with Gasteiger partial charge in [0.25, 0.3) is 5.69 Å². The summed E-state index contributed by atoms with van der Waals surface area (Å²) in [6, 6.07) is 6.80. The summed E-state index contributed by atoms with van der Waals surface area (Å²) in [6.45, 7) is 2.00. The van der Waals surface area contributed by atoms with Gasteiger partial charge in [-0.2, -0.15) is 0 Å². The molecule has 6 heteroatoms. The van der Waals surface area contributed by atoms with Gasteiger partial charge in [-0.25, -0.2) is 4.98 Å². The summed E-state index contributed by atoms with van der Waals surface area (Å²) in [5, 5.41) is 16.7. The number of nitro groups is 1. The van der Waals surface area contributed by atoms with Crippen LogP contribution in [-0.2, 0) is 0 Å². The molecule has 2 aromatic rings. The maximum Gasteiger partial charge on any atom is 0.279 e. The number of para-hydroxylation sites is 1. The highest BCUT2D eigenvalue weighted by molar-refractivity contribution is 7.13. The van der Waals surface area contributed by atoms with Crippen LogP contribution in [0.2, 0.25) is 0 Å². The lowest BCUT2D eigenvalue weighted by Gasteiger charge is -2.05. The van der Waals surface area contributed by atoms with Gasteiger partial charge >= 0.3 is 0 Å². The van der Waals surface area contributed by atoms with Crippen molar-refractivity contribution in [3.8, 4) is 10.6 Å². The van der Waals surface area contributed by atoms with Crippen molar-refractivity contribution < 1.29 is 4.92 Å². The summed E-state index contributed by atoms with van der Waals surface area (Å²) < 4.78 is 0. The topological polar surface area (TPSA) is 68.1 Å². The smallest absolute Gasteiger partial charge is 0.279 e. The van der Waals surface area contributed by atoms with Crippen LogP contribution in [0.5, 0.6) is 0 Å². The van der Waals surface area contributed by atoms with Gasteiger partial charge in [0.15, 0.2) is 0 Å². The van der Waals surface area contributed by atoms with Gasteiger partial charge < -0.3 is 5.32 Å². The molecule has 5 nitrogen and oxygen atoms in total. The van der Waals surface area contributed by atoms with Crippen LogP contribution in [0.15, 0.2) is 29.6 Å². The molecule has 0 amide bonds. The van der Waals surface area contributed by atoms with E-state index in [9.17, 15) is 10.1 Å². The van der Waals surface area contributed by atoms with Crippen molar-refractivity contribution in [2.75, 3.05) is 7.05 Å². The Bertz CT molecular complexity index is 568. The SMILES string of the molecule is CNC(C)c1csc(-c2ccccc2[N+](=O)[O-])n1. The van der Waals surface area contributed by atoms with E-state index in [-0.39, 0.29) is 16.7 Å². The highest BCUT2D eigenvalue weighted by atomic mass is 32.1. The van der Waals surface area contributed by atoms with E-state index < -0.39 is 0 Å². The van der Waals surface area contributed by atoms with Gasteiger partial charge in [0, 0.05) is 17.5 Å². The first-order valence-corrected chi connectivity index (χ1v) is 6.38. The molecular weight excluding hydrogens is 250 g/mol. The summed E-state index contributed by atoms with van der Waals surface area (Å²) >= 11 is 1.42. The van der Waals surface area contributed by atoms with Crippen LogP contribution in [0, 0.1) is 10.1 Å². The van der Waals surface area contributed by atoms with Crippen molar-refractivity contribution in [1.82, 2.24) is 10.3 Å². The van der Waals surface area contributed by atoms with E-state index in [1.165, 1.54) is 17.4 Å². The van der Waals surface area contributed by atoms with Gasteiger partial charge in [-0.1, -0.05) is 12.1 Å². The molecular formula is C12H13N3O2S. The number of rotatable bonds is 4. The number of aromatic nitrogens is 1. The van der Waals surface area contributed by atoms with Crippen LogP contribution in [0.3, 0.4) is 0 Å². The van der Waals surface area contributed by atoms with E-state index in [2.05, 4.69) is 10.3 Å². The highest BCUT2D eigenvalue weighted by Gasteiger charge is 2.18. The molecule has 0 fully saturated rings. The summed E-state index contributed by atoms with van der Waals surface area (Å²) in [7, 11) is 1.86. The molecule has 1 aromatic carbocycles. The lowest BCUT2D eigenvalue weighted by atomic mass is 10.2. The van der Waals surface area contributed by atoms with Crippen LogP contribution in [0.1, 0.15) is 18.7 Å². The second-order valence-electron chi connectivity index (χ2n) is 3.86. The minimum Gasteiger partial charge on any atom is -0.312 e. The molecule has 94 valence electrons. The van der Waals surface area contributed by atoms with Crippen molar-refractivity contribution in [3.63, 3.8) is 0 Å². The number of hydrogen-bond acceptors (Lipinski definition) is 5. The Hall–Kier alpha value is -1.79. The maximum atomic E-state index is 11.0. The maximum absolute atomic E-state index is 11.0. The van der Waals surface area contributed by atoms with Crippen LogP contribution >= 0.6 is 11.3 Å². The van der Waals surface area contributed by atoms with Crippen molar-refractivity contribution in [3.05, 3.63) is 45.5 Å². The van der Waals surface area contributed by atoms with Gasteiger partial charge in [-0.05, 0) is 20.0 Å². The summed E-state index contributed by atoms with van der Waals surface area (Å²) in [5.41, 5.74) is 1.56. The predicted octanol–water partition coefficient (Wildman–Crippen LogP) is 3.00. The van der Waals surface area contributed by atoms with Gasteiger partial charge in [0.2, 0.25) is 0 Å². The third-order valence-electron chi connectivity index (χ3n) is 2.73. The predicted molar refractivity (Wildman–Crippen MR) is 71.7 cm³/mol. The highest BCUT2D eigenvalue weighted by Crippen LogP contribution is 2.32. The van der Waals surface area contributed by atoms with E-state index >= 15 is 0 Å². The lowest BCUT2D eigenvalue weighted by molar-refractivity contribution is -0.384. The van der Waals surface area contributed by atoms with Gasteiger partial charge in [0.05, 0.1) is 16.2 Å². The van der Waals surface area contributed by atoms with Crippen molar-refractivity contribution in [2.45, 2.75) is 13.0 Å². The summed E-state index contributed by atoms with van der Waals surface area (Å²) in [5.74, 6) is 0. The summed E-state index contributed by atoms with van der Waals surface area (Å²) in [4.78, 5) is 15.0. The Morgan fingerprint density at radius 3 is 2.83 bits per heavy atom. The molecule has 1 heterocycles. The molecule has 1 unspecified atom stereocenters. The number of thiazole rings is 1. The Labute approximate surface area is 109 Å². The van der Waals surface area contributed by atoms with E-state index in [1.54, 1.807) is 18.2 Å². The standard InChI is InChI=1S/C12H13N3O2S/c1-8(13-2)10-7-18-12(14-10)9-5-3-4-6-11(9)15(16)17/h3-8,13H,1-2H3. The molecule has 0 aliphatic carbocycles. The number of hydrogen-bond donors (Lipinski definition) is 1. The number of nitro benzene ring substituents is 1. The normalized spacial score (nSPS) is 12.3. The Morgan fingerprint density at radius 2 is 2.17 bits per heavy atom. The number of nitrogens with zero attached hydrogens (tertiary/aromatic N) is 2. The average Bonchev–Trinajstić information content (AvgIpc) is 2.87. The van der Waals surface area contributed by atoms with Crippen LogP contribution in [0.25, 0.3) is 10.6 Å². The Kier molecular flexibility index (Phi) is 3.69. The fraction of sp³-hybridized carbons (Fsp3) is 0.250. The first-order chi connectivity index (χ1) is 8.63. The van der Waals surface area contributed by atoms with Gasteiger partial charge in [-0.15, -0.1) is 11.3 Å². The first kappa shape index (κ1) is 12.7. The fourth-order valence-corrected chi connectivity index (χ4v) is 2.52. The molecule has 0 spiro atoms. The molecule has 0 radical (unpaired) electrons. The quantitative estimate of drug-likeness (QED) is 0.680. The molecule has 1 N–H and O–H groups in total. The molecule has 0 aliphatic rings. The van der Waals surface area contributed by atoms with Crippen LogP contribution < -0.4 is 5.32 Å². The van der Waals surface area contributed by atoms with Crippen LogP contribution in [-0.4, -0.2) is 17.0 Å². The van der Waals surface area contributed by atoms with Gasteiger partial charge in [-0.3, -0.25) is 10.1 Å². The largest absolute Gasteiger partial charge is 0.312 e. The number of benzene rings is 1. The van der Waals surface area contributed by atoms with Crippen molar-refractivity contribution in [1.29, 1.82) is 0 Å². The number of nitrogens with one attached hydrogen (secondary N) is 1. The minimum atomic E-state index is -0.377. The molecule has 0 bridgehead atoms. The fourth-order valence-electron chi connectivity index (χ4n) is 1.57. The molecule has 0 saturated heterocycles.